The quantitative estimate of drug-likeness (QED) is 0.852. The first-order chi connectivity index (χ1) is 11.3. The van der Waals surface area contributed by atoms with Gasteiger partial charge in [0.1, 0.15) is 0 Å². The second-order valence-corrected chi connectivity index (χ2v) is 6.35. The van der Waals surface area contributed by atoms with Crippen LogP contribution >= 0.6 is 0 Å². The van der Waals surface area contributed by atoms with Crippen molar-refractivity contribution in [2.45, 2.75) is 37.5 Å². The number of nitrogens with one attached hydrogen (secondary N) is 1. The number of nitrogens with zero attached hydrogens (tertiary/aromatic N) is 1. The Morgan fingerprint density at radius 2 is 2.17 bits per heavy atom. The summed E-state index contributed by atoms with van der Waals surface area (Å²) in [5.41, 5.74) is 1.04. The number of fused-ring (bicyclic) bond motifs is 1. The molecule has 0 radical (unpaired) electrons. The SMILES string of the molecule is CO[C@H]1C(=O)N(C[C@H]2CCCCN2)[C@H]1c1ccc2c(c1)OCO2. The lowest BCUT2D eigenvalue weighted by Crippen LogP contribution is -2.62. The van der Waals surface area contributed by atoms with Crippen LogP contribution in [0.5, 0.6) is 11.5 Å². The highest BCUT2D eigenvalue weighted by atomic mass is 16.7. The van der Waals surface area contributed by atoms with Crippen LogP contribution in [0.2, 0.25) is 0 Å². The number of carbonyl (C=O) groups excluding carboxylic acids is 1. The number of β-lactam (4-membered cyclic amide) rings is 1. The lowest BCUT2D eigenvalue weighted by atomic mass is 9.89. The summed E-state index contributed by atoms with van der Waals surface area (Å²) >= 11 is 0. The predicted molar refractivity (Wildman–Crippen MR) is 83.5 cm³/mol. The lowest BCUT2D eigenvalue weighted by molar-refractivity contribution is -0.172. The molecule has 124 valence electrons. The summed E-state index contributed by atoms with van der Waals surface area (Å²) in [5.74, 6) is 1.57. The van der Waals surface area contributed by atoms with Crippen LogP contribution in [0.25, 0.3) is 0 Å². The van der Waals surface area contributed by atoms with Crippen LogP contribution in [0.3, 0.4) is 0 Å². The van der Waals surface area contributed by atoms with Gasteiger partial charge in [0.2, 0.25) is 6.79 Å². The Labute approximate surface area is 135 Å². The third-order valence-electron chi connectivity index (χ3n) is 4.97. The van der Waals surface area contributed by atoms with Gasteiger partial charge in [-0.05, 0) is 37.1 Å². The van der Waals surface area contributed by atoms with Crippen molar-refractivity contribution in [2.75, 3.05) is 27.0 Å². The van der Waals surface area contributed by atoms with E-state index in [0.717, 1.165) is 36.6 Å². The van der Waals surface area contributed by atoms with Crippen LogP contribution in [0.15, 0.2) is 18.2 Å². The second-order valence-electron chi connectivity index (χ2n) is 6.35. The van der Waals surface area contributed by atoms with E-state index in [2.05, 4.69) is 5.32 Å². The number of piperidine rings is 1. The summed E-state index contributed by atoms with van der Waals surface area (Å²) in [6.07, 6.45) is 3.16. The highest BCUT2D eigenvalue weighted by Gasteiger charge is 2.49. The van der Waals surface area contributed by atoms with E-state index in [-0.39, 0.29) is 18.7 Å². The fourth-order valence-corrected chi connectivity index (χ4v) is 3.72. The molecule has 0 saturated carbocycles. The molecule has 1 aromatic carbocycles. The molecule has 3 aliphatic rings. The zero-order valence-electron chi connectivity index (χ0n) is 13.3. The molecule has 4 rings (SSSR count). The van der Waals surface area contributed by atoms with Crippen molar-refractivity contribution in [1.82, 2.24) is 10.2 Å². The number of ether oxygens (including phenoxy) is 3. The van der Waals surface area contributed by atoms with E-state index in [1.807, 2.05) is 23.1 Å². The Hall–Kier alpha value is -1.79. The van der Waals surface area contributed by atoms with E-state index in [1.165, 1.54) is 12.8 Å². The molecule has 1 aromatic rings. The molecule has 1 amide bonds. The molecular weight excluding hydrogens is 296 g/mol. The molecule has 0 aliphatic carbocycles. The molecule has 1 N–H and O–H groups in total. The molecule has 3 atom stereocenters. The van der Waals surface area contributed by atoms with E-state index in [1.54, 1.807) is 7.11 Å². The molecule has 2 fully saturated rings. The van der Waals surface area contributed by atoms with Gasteiger partial charge in [0.05, 0.1) is 6.04 Å². The smallest absolute Gasteiger partial charge is 0.254 e. The number of likely N-dealkylation sites (tertiary alicyclic amines) is 1. The minimum absolute atomic E-state index is 0.0503. The maximum absolute atomic E-state index is 12.4. The number of methoxy groups -OCH3 is 1. The fraction of sp³-hybridized carbons (Fsp3) is 0.588. The third-order valence-corrected chi connectivity index (χ3v) is 4.97. The monoisotopic (exact) mass is 318 g/mol. The van der Waals surface area contributed by atoms with Crippen molar-refractivity contribution >= 4 is 5.91 Å². The van der Waals surface area contributed by atoms with Crippen molar-refractivity contribution in [2.24, 2.45) is 0 Å². The molecule has 3 heterocycles. The standard InChI is InChI=1S/C17H22N2O4/c1-21-16-15(11-5-6-13-14(8-11)23-10-22-13)19(17(16)20)9-12-4-2-3-7-18-12/h5-6,8,12,15-16,18H,2-4,7,9-10H2,1H3/t12-,15+,16-/m1/s1. The minimum Gasteiger partial charge on any atom is -0.454 e. The molecule has 0 aromatic heterocycles. The van der Waals surface area contributed by atoms with Crippen LogP contribution in [0.1, 0.15) is 30.9 Å². The maximum atomic E-state index is 12.4. The van der Waals surface area contributed by atoms with Crippen molar-refractivity contribution in [3.63, 3.8) is 0 Å². The van der Waals surface area contributed by atoms with Crippen LogP contribution in [0.4, 0.5) is 0 Å². The molecule has 0 spiro atoms. The van der Waals surface area contributed by atoms with Gasteiger partial charge in [-0.25, -0.2) is 0 Å². The number of hydrogen-bond acceptors (Lipinski definition) is 5. The van der Waals surface area contributed by atoms with E-state index in [9.17, 15) is 4.79 Å². The maximum Gasteiger partial charge on any atom is 0.254 e. The van der Waals surface area contributed by atoms with Crippen molar-refractivity contribution in [3.05, 3.63) is 23.8 Å². The molecule has 6 nitrogen and oxygen atoms in total. The van der Waals surface area contributed by atoms with E-state index in [4.69, 9.17) is 14.2 Å². The summed E-state index contributed by atoms with van der Waals surface area (Å²) in [4.78, 5) is 14.3. The Bertz CT molecular complexity index is 600. The molecule has 2 saturated heterocycles. The summed E-state index contributed by atoms with van der Waals surface area (Å²) in [5, 5.41) is 3.51. The number of benzene rings is 1. The predicted octanol–water partition coefficient (Wildman–Crippen LogP) is 1.46. The summed E-state index contributed by atoms with van der Waals surface area (Å²) in [6, 6.07) is 6.20. The first-order valence-corrected chi connectivity index (χ1v) is 8.24. The largest absolute Gasteiger partial charge is 0.454 e. The number of carbonyl (C=O) groups is 1. The van der Waals surface area contributed by atoms with Crippen LogP contribution < -0.4 is 14.8 Å². The van der Waals surface area contributed by atoms with E-state index >= 15 is 0 Å². The van der Waals surface area contributed by atoms with Gasteiger partial charge in [-0.15, -0.1) is 0 Å². The summed E-state index contributed by atoms with van der Waals surface area (Å²) in [7, 11) is 1.60. The van der Waals surface area contributed by atoms with Gasteiger partial charge in [-0.3, -0.25) is 4.79 Å². The summed E-state index contributed by atoms with van der Waals surface area (Å²) < 4.78 is 16.2. The van der Waals surface area contributed by atoms with Gasteiger partial charge in [-0.2, -0.15) is 0 Å². The van der Waals surface area contributed by atoms with Gasteiger partial charge >= 0.3 is 0 Å². The topological polar surface area (TPSA) is 60.0 Å². The van der Waals surface area contributed by atoms with Crippen LogP contribution in [-0.4, -0.2) is 49.9 Å². The number of amides is 1. The second kappa shape index (κ2) is 6.02. The Morgan fingerprint density at radius 3 is 2.96 bits per heavy atom. The van der Waals surface area contributed by atoms with Crippen molar-refractivity contribution in [1.29, 1.82) is 0 Å². The highest BCUT2D eigenvalue weighted by Crippen LogP contribution is 2.41. The Morgan fingerprint density at radius 1 is 1.30 bits per heavy atom. The molecule has 0 bridgehead atoms. The number of rotatable bonds is 4. The minimum atomic E-state index is -0.404. The van der Waals surface area contributed by atoms with Gasteiger partial charge in [-0.1, -0.05) is 12.5 Å². The summed E-state index contributed by atoms with van der Waals surface area (Å²) in [6.45, 7) is 2.03. The number of hydrogen-bond donors (Lipinski definition) is 1. The normalized spacial score (nSPS) is 29.5. The first-order valence-electron chi connectivity index (χ1n) is 8.24. The lowest BCUT2D eigenvalue weighted by Gasteiger charge is -2.48. The first kappa shape index (κ1) is 14.8. The Balaban J connectivity index is 1.54. The van der Waals surface area contributed by atoms with Crippen molar-refractivity contribution < 1.29 is 19.0 Å². The zero-order chi connectivity index (χ0) is 15.8. The van der Waals surface area contributed by atoms with E-state index in [0.29, 0.717) is 6.04 Å². The molecule has 3 aliphatic heterocycles. The molecular formula is C17H22N2O4. The van der Waals surface area contributed by atoms with Gasteiger partial charge in [0.15, 0.2) is 17.6 Å². The van der Waals surface area contributed by atoms with Crippen molar-refractivity contribution in [3.8, 4) is 11.5 Å². The Kier molecular flexibility index (Phi) is 3.87. The van der Waals surface area contributed by atoms with E-state index < -0.39 is 6.10 Å². The van der Waals surface area contributed by atoms with Gasteiger partial charge < -0.3 is 24.4 Å². The molecule has 6 heteroatoms. The zero-order valence-corrected chi connectivity index (χ0v) is 13.3. The molecule has 23 heavy (non-hydrogen) atoms. The van der Waals surface area contributed by atoms with Gasteiger partial charge in [0, 0.05) is 19.7 Å². The van der Waals surface area contributed by atoms with Gasteiger partial charge in [0.25, 0.3) is 5.91 Å². The average molecular weight is 318 g/mol. The van der Waals surface area contributed by atoms with Crippen LogP contribution in [-0.2, 0) is 9.53 Å². The molecule has 0 unspecified atom stereocenters. The van der Waals surface area contributed by atoms with Crippen LogP contribution in [0, 0.1) is 0 Å². The fourth-order valence-electron chi connectivity index (χ4n) is 3.72. The average Bonchev–Trinajstić information content (AvgIpc) is 3.05. The third kappa shape index (κ3) is 2.56. The highest BCUT2D eigenvalue weighted by molar-refractivity contribution is 5.89.